The van der Waals surface area contributed by atoms with Crippen molar-refractivity contribution in [3.05, 3.63) is 29.3 Å². The zero-order valence-electron chi connectivity index (χ0n) is 13.6. The minimum absolute atomic E-state index is 0.111. The second kappa shape index (κ2) is 8.47. The smallest absolute Gasteiger partial charge is 0.248 e. The highest BCUT2D eigenvalue weighted by atomic mass is 32.1. The number of nitrogens with one attached hydrogen (secondary N) is 2. The van der Waals surface area contributed by atoms with Crippen LogP contribution in [-0.4, -0.2) is 28.8 Å². The van der Waals surface area contributed by atoms with Gasteiger partial charge in [0.1, 0.15) is 16.8 Å². The van der Waals surface area contributed by atoms with Crippen molar-refractivity contribution in [3.8, 4) is 5.75 Å². The molecule has 0 aliphatic heterocycles. The lowest BCUT2D eigenvalue weighted by Gasteiger charge is -2.17. The Morgan fingerprint density at radius 1 is 1.22 bits per heavy atom. The molecule has 1 amide bonds. The summed E-state index contributed by atoms with van der Waals surface area (Å²) in [5, 5.41) is 15.5. The minimum Gasteiger partial charge on any atom is -0.494 e. The summed E-state index contributed by atoms with van der Waals surface area (Å²) in [4.78, 5) is 12.4. The Balaban J connectivity index is 1.96. The maximum atomic E-state index is 12.4. The first-order valence-electron chi connectivity index (χ1n) is 7.78. The monoisotopic (exact) mass is 334 g/mol. The maximum absolute atomic E-state index is 12.4. The van der Waals surface area contributed by atoms with E-state index < -0.39 is 0 Å². The summed E-state index contributed by atoms with van der Waals surface area (Å²) in [7, 11) is 0. The van der Waals surface area contributed by atoms with E-state index >= 15 is 0 Å². The van der Waals surface area contributed by atoms with Gasteiger partial charge < -0.3 is 10.1 Å². The summed E-state index contributed by atoms with van der Waals surface area (Å²) in [6, 6.07) is 7.24. The Bertz CT molecular complexity index is 627. The van der Waals surface area contributed by atoms with Crippen molar-refractivity contribution < 1.29 is 9.53 Å². The second-order valence-electron chi connectivity index (χ2n) is 4.91. The highest BCUT2D eigenvalue weighted by molar-refractivity contribution is 7.15. The Morgan fingerprint density at radius 2 is 1.96 bits per heavy atom. The van der Waals surface area contributed by atoms with Gasteiger partial charge in [-0.2, -0.15) is 0 Å². The average molecular weight is 334 g/mol. The zero-order chi connectivity index (χ0) is 16.7. The molecule has 0 aliphatic carbocycles. The van der Waals surface area contributed by atoms with Crippen LogP contribution in [0, 0.1) is 0 Å². The van der Waals surface area contributed by atoms with E-state index in [0.717, 1.165) is 22.9 Å². The molecular weight excluding hydrogens is 312 g/mol. The van der Waals surface area contributed by atoms with E-state index in [0.29, 0.717) is 18.2 Å². The molecule has 0 aliphatic rings. The van der Waals surface area contributed by atoms with Crippen LogP contribution in [0.3, 0.4) is 0 Å². The molecule has 2 aromatic rings. The van der Waals surface area contributed by atoms with Crippen molar-refractivity contribution in [2.24, 2.45) is 0 Å². The first kappa shape index (κ1) is 17.2. The van der Waals surface area contributed by atoms with E-state index in [9.17, 15) is 4.79 Å². The van der Waals surface area contributed by atoms with Crippen molar-refractivity contribution in [1.29, 1.82) is 0 Å². The third-order valence-corrected chi connectivity index (χ3v) is 4.21. The number of benzene rings is 1. The molecule has 1 aromatic heterocycles. The molecule has 0 saturated heterocycles. The van der Waals surface area contributed by atoms with E-state index in [1.165, 1.54) is 11.3 Å². The number of anilines is 2. The predicted molar refractivity (Wildman–Crippen MR) is 93.2 cm³/mol. The molecule has 6 nitrogen and oxygen atoms in total. The summed E-state index contributed by atoms with van der Waals surface area (Å²) in [5.74, 6) is 0.705. The van der Waals surface area contributed by atoms with Crippen LogP contribution in [-0.2, 0) is 11.2 Å². The quantitative estimate of drug-likeness (QED) is 0.774. The van der Waals surface area contributed by atoms with Crippen LogP contribution < -0.4 is 15.4 Å². The number of carbonyl (C=O) groups is 1. The molecule has 0 saturated carbocycles. The number of ether oxygens (including phenoxy) is 1. The Kier molecular flexibility index (Phi) is 6.34. The highest BCUT2D eigenvalue weighted by Crippen LogP contribution is 2.19. The van der Waals surface area contributed by atoms with Crippen molar-refractivity contribution in [3.63, 3.8) is 0 Å². The lowest BCUT2D eigenvalue weighted by atomic mass is 10.2. The standard InChI is InChI=1S/C16H22N4O2S/c1-4-13(15(21)18-16-20-19-14(5-2)23-16)17-11-7-9-12(10-8-11)22-6-3/h7-10,13,17H,4-6H2,1-3H3,(H,18,20,21). The van der Waals surface area contributed by atoms with Crippen LogP contribution in [0.15, 0.2) is 24.3 Å². The maximum Gasteiger partial charge on any atom is 0.248 e. The van der Waals surface area contributed by atoms with Crippen LogP contribution in [0.5, 0.6) is 5.75 Å². The lowest BCUT2D eigenvalue weighted by Crippen LogP contribution is -2.34. The van der Waals surface area contributed by atoms with E-state index in [1.807, 2.05) is 45.0 Å². The van der Waals surface area contributed by atoms with E-state index in [-0.39, 0.29) is 11.9 Å². The van der Waals surface area contributed by atoms with Crippen LogP contribution in [0.4, 0.5) is 10.8 Å². The van der Waals surface area contributed by atoms with Gasteiger partial charge in [0.15, 0.2) is 0 Å². The summed E-state index contributed by atoms with van der Waals surface area (Å²) < 4.78 is 5.41. The van der Waals surface area contributed by atoms with Gasteiger partial charge in [0.25, 0.3) is 0 Å². The molecule has 0 fully saturated rings. The summed E-state index contributed by atoms with van der Waals surface area (Å²) in [6.07, 6.45) is 1.48. The molecule has 1 heterocycles. The molecule has 1 atom stereocenters. The molecule has 1 aromatic carbocycles. The van der Waals surface area contributed by atoms with Gasteiger partial charge in [-0.3, -0.25) is 10.1 Å². The predicted octanol–water partition coefficient (Wildman–Crippen LogP) is 3.33. The fourth-order valence-corrected chi connectivity index (χ4v) is 2.69. The fourth-order valence-electron chi connectivity index (χ4n) is 2.01. The number of aryl methyl sites for hydroxylation is 1. The second-order valence-corrected chi connectivity index (χ2v) is 5.97. The highest BCUT2D eigenvalue weighted by Gasteiger charge is 2.18. The molecule has 23 heavy (non-hydrogen) atoms. The molecular formula is C16H22N4O2S. The summed E-state index contributed by atoms with van der Waals surface area (Å²) in [6.45, 7) is 6.55. The number of aromatic nitrogens is 2. The van der Waals surface area contributed by atoms with Gasteiger partial charge in [0.05, 0.1) is 6.61 Å². The van der Waals surface area contributed by atoms with Crippen molar-refractivity contribution in [2.75, 3.05) is 17.2 Å². The van der Waals surface area contributed by atoms with Crippen LogP contribution in [0.1, 0.15) is 32.2 Å². The fraction of sp³-hybridized carbons (Fsp3) is 0.438. The molecule has 1 unspecified atom stereocenters. The summed E-state index contributed by atoms with van der Waals surface area (Å²) in [5.41, 5.74) is 0.877. The third kappa shape index (κ3) is 4.92. The Morgan fingerprint density at radius 3 is 2.52 bits per heavy atom. The van der Waals surface area contributed by atoms with Crippen LogP contribution >= 0.6 is 11.3 Å². The largest absolute Gasteiger partial charge is 0.494 e. The Labute approximate surface area is 140 Å². The van der Waals surface area contributed by atoms with Gasteiger partial charge in [-0.25, -0.2) is 0 Å². The van der Waals surface area contributed by atoms with Crippen molar-refractivity contribution in [1.82, 2.24) is 10.2 Å². The van der Waals surface area contributed by atoms with Gasteiger partial charge in [-0.1, -0.05) is 25.2 Å². The van der Waals surface area contributed by atoms with Gasteiger partial charge in [-0.05, 0) is 44.0 Å². The first-order chi connectivity index (χ1) is 11.2. The minimum atomic E-state index is -0.332. The van der Waals surface area contributed by atoms with Gasteiger partial charge in [0, 0.05) is 5.69 Å². The SMILES string of the molecule is CCOc1ccc(NC(CC)C(=O)Nc2nnc(CC)s2)cc1. The van der Waals surface area contributed by atoms with Crippen LogP contribution in [0.2, 0.25) is 0 Å². The number of amides is 1. The third-order valence-electron chi connectivity index (χ3n) is 3.23. The van der Waals surface area contributed by atoms with Gasteiger partial charge in [0.2, 0.25) is 11.0 Å². The average Bonchev–Trinajstić information content (AvgIpc) is 3.02. The zero-order valence-corrected chi connectivity index (χ0v) is 14.4. The van der Waals surface area contributed by atoms with Crippen LogP contribution in [0.25, 0.3) is 0 Å². The van der Waals surface area contributed by atoms with Gasteiger partial charge >= 0.3 is 0 Å². The molecule has 0 radical (unpaired) electrons. The van der Waals surface area contributed by atoms with Crippen molar-refractivity contribution in [2.45, 2.75) is 39.7 Å². The molecule has 7 heteroatoms. The lowest BCUT2D eigenvalue weighted by molar-refractivity contribution is -0.117. The number of nitrogens with zero attached hydrogens (tertiary/aromatic N) is 2. The normalized spacial score (nSPS) is 11.8. The number of carbonyl (C=O) groups excluding carboxylic acids is 1. The number of hydrogen-bond acceptors (Lipinski definition) is 6. The number of hydrogen-bond donors (Lipinski definition) is 2. The van der Waals surface area contributed by atoms with Crippen molar-refractivity contribution >= 4 is 28.1 Å². The number of rotatable bonds is 8. The van der Waals surface area contributed by atoms with E-state index in [4.69, 9.17) is 4.74 Å². The van der Waals surface area contributed by atoms with E-state index in [2.05, 4.69) is 20.8 Å². The topological polar surface area (TPSA) is 76.1 Å². The van der Waals surface area contributed by atoms with E-state index in [1.54, 1.807) is 0 Å². The first-order valence-corrected chi connectivity index (χ1v) is 8.60. The molecule has 124 valence electrons. The molecule has 0 bridgehead atoms. The molecule has 2 N–H and O–H groups in total. The summed E-state index contributed by atoms with van der Waals surface area (Å²) >= 11 is 1.40. The van der Waals surface area contributed by atoms with Gasteiger partial charge in [-0.15, -0.1) is 10.2 Å². The Hall–Kier alpha value is -2.15. The molecule has 2 rings (SSSR count). The molecule has 0 spiro atoms.